The minimum atomic E-state index is -0.999. The number of benzene rings is 2. The molecular weight excluding hydrogens is 494 g/mol. The molecule has 204 valence electrons. The van der Waals surface area contributed by atoms with Gasteiger partial charge in [-0.15, -0.1) is 0 Å². The molecule has 4 heterocycles. The number of anilines is 2. The summed E-state index contributed by atoms with van der Waals surface area (Å²) in [7, 11) is 0. The second-order valence-corrected chi connectivity index (χ2v) is 11.2. The quantitative estimate of drug-likeness (QED) is 0.522. The zero-order chi connectivity index (χ0) is 27.0. The first-order valence-electron chi connectivity index (χ1n) is 13.6. The molecule has 3 aliphatic heterocycles. The van der Waals surface area contributed by atoms with Crippen molar-refractivity contribution in [3.63, 3.8) is 0 Å². The molecule has 2 fully saturated rings. The van der Waals surface area contributed by atoms with Gasteiger partial charge in [-0.05, 0) is 54.8 Å². The van der Waals surface area contributed by atoms with E-state index in [4.69, 9.17) is 9.47 Å². The van der Waals surface area contributed by atoms with Crippen LogP contribution in [0.25, 0.3) is 11.1 Å². The van der Waals surface area contributed by atoms with Crippen LogP contribution in [0.5, 0.6) is 5.75 Å². The van der Waals surface area contributed by atoms with Crippen molar-refractivity contribution in [1.82, 2.24) is 14.9 Å². The number of carbonyl (C=O) groups excluding carboxylic acids is 1. The fraction of sp³-hybridized carbons (Fsp3) is 0.433. The van der Waals surface area contributed by atoms with E-state index in [1.807, 2.05) is 24.3 Å². The summed E-state index contributed by atoms with van der Waals surface area (Å²) < 4.78 is 11.9. The summed E-state index contributed by atoms with van der Waals surface area (Å²) in [5.74, 6) is 1.80. The van der Waals surface area contributed by atoms with E-state index < -0.39 is 5.60 Å². The fourth-order valence-corrected chi connectivity index (χ4v) is 5.55. The molecule has 0 unspecified atom stereocenters. The van der Waals surface area contributed by atoms with Crippen LogP contribution in [0.1, 0.15) is 37.9 Å². The van der Waals surface area contributed by atoms with Crippen molar-refractivity contribution >= 4 is 17.5 Å². The van der Waals surface area contributed by atoms with Crippen LogP contribution in [0.3, 0.4) is 0 Å². The maximum Gasteiger partial charge on any atom is 0.321 e. The molecule has 0 saturated carbocycles. The third-order valence-corrected chi connectivity index (χ3v) is 7.93. The van der Waals surface area contributed by atoms with Gasteiger partial charge in [-0.2, -0.15) is 0 Å². The summed E-state index contributed by atoms with van der Waals surface area (Å²) in [6, 6.07) is 14.3. The van der Waals surface area contributed by atoms with Crippen molar-refractivity contribution in [3.05, 3.63) is 66.1 Å². The van der Waals surface area contributed by atoms with Crippen LogP contribution in [-0.2, 0) is 16.8 Å². The van der Waals surface area contributed by atoms with Crippen LogP contribution >= 0.6 is 0 Å². The molecular formula is C30H35N5O4. The van der Waals surface area contributed by atoms with Crippen molar-refractivity contribution in [2.45, 2.75) is 44.3 Å². The van der Waals surface area contributed by atoms with E-state index in [0.29, 0.717) is 32.0 Å². The number of ether oxygens (including phenoxy) is 2. The second-order valence-electron chi connectivity index (χ2n) is 11.2. The van der Waals surface area contributed by atoms with Crippen molar-refractivity contribution < 1.29 is 19.4 Å². The van der Waals surface area contributed by atoms with E-state index in [9.17, 15) is 9.90 Å². The predicted octanol–water partition coefficient (Wildman–Crippen LogP) is 4.21. The third kappa shape index (κ3) is 5.42. The SMILES string of the molecule is CC(C)(O)c1cnc(N2CCC3(CC2)Cc2cc(-c4ccc(NC(=O)N5CCOCC5)cc4)ccc2O3)cn1. The van der Waals surface area contributed by atoms with Gasteiger partial charge in [0.1, 0.15) is 22.8 Å². The highest BCUT2D eigenvalue weighted by molar-refractivity contribution is 5.89. The molecule has 3 aromatic rings. The van der Waals surface area contributed by atoms with Crippen molar-refractivity contribution in [2.24, 2.45) is 0 Å². The zero-order valence-corrected chi connectivity index (χ0v) is 22.5. The highest BCUT2D eigenvalue weighted by Gasteiger charge is 2.42. The van der Waals surface area contributed by atoms with E-state index >= 15 is 0 Å². The lowest BCUT2D eigenvalue weighted by molar-refractivity contribution is 0.0564. The molecule has 2 N–H and O–H groups in total. The minimum Gasteiger partial charge on any atom is -0.487 e. The van der Waals surface area contributed by atoms with Crippen LogP contribution < -0.4 is 15.0 Å². The topological polar surface area (TPSA) is 100 Å². The summed E-state index contributed by atoms with van der Waals surface area (Å²) in [5, 5.41) is 13.1. The van der Waals surface area contributed by atoms with Crippen molar-refractivity contribution in [3.8, 4) is 16.9 Å². The van der Waals surface area contributed by atoms with Crippen LogP contribution in [0.15, 0.2) is 54.9 Å². The summed E-state index contributed by atoms with van der Waals surface area (Å²) >= 11 is 0. The van der Waals surface area contributed by atoms with E-state index in [1.165, 1.54) is 5.56 Å². The number of aromatic nitrogens is 2. The first-order valence-corrected chi connectivity index (χ1v) is 13.6. The summed E-state index contributed by atoms with van der Waals surface area (Å²) in [6.07, 6.45) is 6.11. The fourth-order valence-electron chi connectivity index (χ4n) is 5.55. The standard InChI is InChI=1S/C30H35N5O4/c1-29(2,37)26-19-32-27(20-31-26)34-11-9-30(10-12-34)18-23-17-22(5-8-25(23)39-30)21-3-6-24(7-4-21)33-28(36)35-13-15-38-16-14-35/h3-8,17,19-20,37H,9-16,18H2,1-2H3,(H,33,36). The van der Waals surface area contributed by atoms with Crippen LogP contribution in [0, 0.1) is 0 Å². The summed E-state index contributed by atoms with van der Waals surface area (Å²) in [5.41, 5.74) is 3.64. The number of hydrogen-bond donors (Lipinski definition) is 2. The molecule has 3 aliphatic rings. The van der Waals surface area contributed by atoms with E-state index in [0.717, 1.165) is 60.7 Å². The number of aliphatic hydroxyl groups is 1. The Morgan fingerprint density at radius 2 is 1.69 bits per heavy atom. The van der Waals surface area contributed by atoms with E-state index in [-0.39, 0.29) is 11.6 Å². The van der Waals surface area contributed by atoms with Gasteiger partial charge in [0.15, 0.2) is 0 Å². The summed E-state index contributed by atoms with van der Waals surface area (Å²) in [6.45, 7) is 7.51. The Morgan fingerprint density at radius 3 is 2.36 bits per heavy atom. The molecule has 0 radical (unpaired) electrons. The highest BCUT2D eigenvalue weighted by atomic mass is 16.5. The molecule has 1 spiro atoms. The molecule has 6 rings (SSSR count). The molecule has 9 heteroatoms. The first-order chi connectivity index (χ1) is 18.8. The lowest BCUT2D eigenvalue weighted by atomic mass is 9.86. The van der Waals surface area contributed by atoms with Gasteiger partial charge >= 0.3 is 6.03 Å². The number of morpholine rings is 1. The van der Waals surface area contributed by atoms with Crippen molar-refractivity contribution in [2.75, 3.05) is 49.6 Å². The normalized spacial score (nSPS) is 18.5. The van der Waals surface area contributed by atoms with Gasteiger partial charge in [0.2, 0.25) is 0 Å². The average Bonchev–Trinajstić information content (AvgIpc) is 3.30. The average molecular weight is 530 g/mol. The number of amides is 2. The van der Waals surface area contributed by atoms with E-state index in [1.54, 1.807) is 31.1 Å². The Labute approximate surface area is 228 Å². The maximum absolute atomic E-state index is 12.5. The van der Waals surface area contributed by atoms with Crippen LogP contribution in [0.4, 0.5) is 16.3 Å². The molecule has 0 aliphatic carbocycles. The number of nitrogens with one attached hydrogen (secondary N) is 1. The Hall–Kier alpha value is -3.69. The Kier molecular flexibility index (Phi) is 6.64. The molecule has 2 aromatic carbocycles. The Morgan fingerprint density at radius 1 is 0.974 bits per heavy atom. The van der Waals surface area contributed by atoms with Gasteiger partial charge in [-0.3, -0.25) is 4.98 Å². The van der Waals surface area contributed by atoms with Gasteiger partial charge in [0.05, 0.1) is 31.3 Å². The largest absolute Gasteiger partial charge is 0.487 e. The smallest absolute Gasteiger partial charge is 0.321 e. The molecule has 39 heavy (non-hydrogen) atoms. The maximum atomic E-state index is 12.5. The first kappa shape index (κ1) is 25.6. The summed E-state index contributed by atoms with van der Waals surface area (Å²) in [4.78, 5) is 25.5. The number of nitrogens with zero attached hydrogens (tertiary/aromatic N) is 4. The Balaban J connectivity index is 1.08. The monoisotopic (exact) mass is 529 g/mol. The van der Waals surface area contributed by atoms with Gasteiger partial charge in [-0.25, -0.2) is 9.78 Å². The van der Waals surface area contributed by atoms with E-state index in [2.05, 4.69) is 38.4 Å². The third-order valence-electron chi connectivity index (χ3n) is 7.93. The Bertz CT molecular complexity index is 1320. The molecule has 0 bridgehead atoms. The second kappa shape index (κ2) is 10.1. The van der Waals surface area contributed by atoms with Gasteiger partial charge < -0.3 is 29.7 Å². The zero-order valence-electron chi connectivity index (χ0n) is 22.5. The molecule has 9 nitrogen and oxygen atoms in total. The van der Waals surface area contributed by atoms with Gasteiger partial charge in [-0.1, -0.05) is 18.2 Å². The number of urea groups is 1. The van der Waals surface area contributed by atoms with Gasteiger partial charge in [0, 0.05) is 51.1 Å². The van der Waals surface area contributed by atoms with Crippen LogP contribution in [0.2, 0.25) is 0 Å². The molecule has 2 amide bonds. The number of hydrogen-bond acceptors (Lipinski definition) is 7. The predicted molar refractivity (Wildman–Crippen MR) is 149 cm³/mol. The molecule has 1 aromatic heterocycles. The lowest BCUT2D eigenvalue weighted by Crippen LogP contribution is -2.47. The number of rotatable bonds is 4. The number of piperidine rings is 1. The number of carbonyl (C=O) groups is 1. The van der Waals surface area contributed by atoms with Crippen LogP contribution in [-0.4, -0.2) is 71.0 Å². The van der Waals surface area contributed by atoms with Gasteiger partial charge in [0.25, 0.3) is 0 Å². The highest BCUT2D eigenvalue weighted by Crippen LogP contribution is 2.43. The van der Waals surface area contributed by atoms with Crippen molar-refractivity contribution in [1.29, 1.82) is 0 Å². The minimum absolute atomic E-state index is 0.0877. The molecule has 2 saturated heterocycles. The number of fused-ring (bicyclic) bond motifs is 1. The molecule has 0 atom stereocenters. The lowest BCUT2D eigenvalue weighted by Gasteiger charge is -2.39.